The molecule has 0 spiro atoms. The molecule has 2 rings (SSSR count). The van der Waals surface area contributed by atoms with Gasteiger partial charge in [-0.1, -0.05) is 6.07 Å². The lowest BCUT2D eigenvalue weighted by Gasteiger charge is -2.13. The lowest BCUT2D eigenvalue weighted by Crippen LogP contribution is -2.35. The summed E-state index contributed by atoms with van der Waals surface area (Å²) in [6.07, 6.45) is 0.301. The number of nitro benzene ring substituents is 1. The number of hydrogen-bond donors (Lipinski definition) is 2. The van der Waals surface area contributed by atoms with Crippen molar-refractivity contribution >= 4 is 23.4 Å². The summed E-state index contributed by atoms with van der Waals surface area (Å²) in [5, 5.41) is 22.1. The maximum atomic E-state index is 12.2. The number of nitrogens with one attached hydrogen (secondary N) is 1. The second-order valence-electron chi connectivity index (χ2n) is 4.90. The van der Waals surface area contributed by atoms with Crippen molar-refractivity contribution in [2.45, 2.75) is 12.8 Å². The quantitative estimate of drug-likeness (QED) is 0.316. The summed E-state index contributed by atoms with van der Waals surface area (Å²) in [5.41, 5.74) is -0.677. The van der Waals surface area contributed by atoms with E-state index in [-0.39, 0.29) is 36.6 Å². The monoisotopic (exact) mass is 321 g/mol. The number of rotatable bonds is 7. The van der Waals surface area contributed by atoms with Gasteiger partial charge >= 0.3 is 0 Å². The fourth-order valence-corrected chi connectivity index (χ4v) is 2.28. The molecular formula is C14H15N3O6. The van der Waals surface area contributed by atoms with Crippen molar-refractivity contribution < 1.29 is 24.4 Å². The van der Waals surface area contributed by atoms with Gasteiger partial charge in [0.2, 0.25) is 5.91 Å². The van der Waals surface area contributed by atoms with Crippen molar-refractivity contribution in [3.05, 3.63) is 39.4 Å². The highest BCUT2D eigenvalue weighted by atomic mass is 16.6. The summed E-state index contributed by atoms with van der Waals surface area (Å²) >= 11 is 0. The first-order valence-electron chi connectivity index (χ1n) is 6.98. The molecule has 3 amide bonds. The number of fused-ring (bicyclic) bond motifs is 1. The van der Waals surface area contributed by atoms with E-state index in [0.717, 1.165) is 11.0 Å². The van der Waals surface area contributed by atoms with E-state index in [0.29, 0.717) is 13.0 Å². The maximum Gasteiger partial charge on any atom is 0.282 e. The van der Waals surface area contributed by atoms with Crippen LogP contribution >= 0.6 is 0 Å². The zero-order valence-electron chi connectivity index (χ0n) is 12.2. The minimum Gasteiger partial charge on any atom is -0.396 e. The van der Waals surface area contributed by atoms with Crippen LogP contribution in [-0.4, -0.2) is 52.3 Å². The second kappa shape index (κ2) is 6.97. The number of carbonyl (C=O) groups excluding carboxylic acids is 3. The molecular weight excluding hydrogens is 306 g/mol. The Hall–Kier alpha value is -2.81. The number of amides is 3. The normalized spacial score (nSPS) is 13.2. The summed E-state index contributed by atoms with van der Waals surface area (Å²) in [4.78, 5) is 47.1. The fraction of sp³-hybridized carbons (Fsp3) is 0.357. The average molecular weight is 321 g/mol. The number of nitro groups is 1. The van der Waals surface area contributed by atoms with E-state index in [4.69, 9.17) is 5.11 Å². The van der Waals surface area contributed by atoms with Gasteiger partial charge in [0.05, 0.1) is 10.5 Å². The SMILES string of the molecule is O=C(CCN1C(=O)c2cccc([N+](=O)[O-])c2C1=O)NCCCO. The van der Waals surface area contributed by atoms with Crippen molar-refractivity contribution in [2.75, 3.05) is 19.7 Å². The zero-order chi connectivity index (χ0) is 17.0. The van der Waals surface area contributed by atoms with E-state index in [1.54, 1.807) is 0 Å². The molecule has 1 aliphatic heterocycles. The van der Waals surface area contributed by atoms with E-state index in [1.165, 1.54) is 12.1 Å². The average Bonchev–Trinajstić information content (AvgIpc) is 2.77. The third-order valence-electron chi connectivity index (χ3n) is 3.39. The van der Waals surface area contributed by atoms with Crippen LogP contribution < -0.4 is 5.32 Å². The molecule has 2 N–H and O–H groups in total. The van der Waals surface area contributed by atoms with Gasteiger partial charge < -0.3 is 10.4 Å². The van der Waals surface area contributed by atoms with E-state index in [9.17, 15) is 24.5 Å². The molecule has 9 heteroatoms. The van der Waals surface area contributed by atoms with Crippen molar-refractivity contribution in [2.24, 2.45) is 0 Å². The van der Waals surface area contributed by atoms with Crippen molar-refractivity contribution in [3.63, 3.8) is 0 Å². The number of hydrogen-bond acceptors (Lipinski definition) is 6. The molecule has 0 aromatic heterocycles. The number of aliphatic hydroxyl groups is 1. The Morgan fingerprint density at radius 1 is 1.30 bits per heavy atom. The first kappa shape index (κ1) is 16.6. The number of carbonyl (C=O) groups is 3. The number of imide groups is 1. The van der Waals surface area contributed by atoms with Crippen LogP contribution in [0.25, 0.3) is 0 Å². The number of aliphatic hydroxyl groups excluding tert-OH is 1. The fourth-order valence-electron chi connectivity index (χ4n) is 2.28. The Bertz CT molecular complexity index is 672. The van der Waals surface area contributed by atoms with E-state index >= 15 is 0 Å². The maximum absolute atomic E-state index is 12.2. The Morgan fingerprint density at radius 3 is 2.70 bits per heavy atom. The van der Waals surface area contributed by atoms with Gasteiger partial charge in [-0.2, -0.15) is 0 Å². The highest BCUT2D eigenvalue weighted by molar-refractivity contribution is 6.23. The summed E-state index contributed by atoms with van der Waals surface area (Å²) in [6.45, 7) is 0.0831. The molecule has 1 aromatic carbocycles. The Morgan fingerprint density at radius 2 is 2.04 bits per heavy atom. The molecule has 0 saturated heterocycles. The standard InChI is InChI=1S/C14H15N3O6/c18-8-2-6-15-11(19)5-7-16-13(20)9-3-1-4-10(17(22)23)12(9)14(16)21/h1,3-4,18H,2,5-8H2,(H,15,19). The lowest BCUT2D eigenvalue weighted by molar-refractivity contribution is -0.385. The van der Waals surface area contributed by atoms with Crippen LogP contribution in [0.5, 0.6) is 0 Å². The summed E-state index contributed by atoms with van der Waals surface area (Å²) in [6, 6.07) is 3.85. The van der Waals surface area contributed by atoms with Crippen LogP contribution in [0.2, 0.25) is 0 Å². The molecule has 0 aliphatic carbocycles. The molecule has 23 heavy (non-hydrogen) atoms. The predicted octanol–water partition coefficient (Wildman–Crippen LogP) is 0.0795. The molecule has 1 aliphatic rings. The minimum atomic E-state index is -0.763. The van der Waals surface area contributed by atoms with Crippen LogP contribution in [0.1, 0.15) is 33.6 Å². The van der Waals surface area contributed by atoms with Crippen LogP contribution in [0.3, 0.4) is 0 Å². The predicted molar refractivity (Wildman–Crippen MR) is 77.8 cm³/mol. The molecule has 9 nitrogen and oxygen atoms in total. The van der Waals surface area contributed by atoms with Gasteiger partial charge in [0.25, 0.3) is 17.5 Å². The van der Waals surface area contributed by atoms with Crippen molar-refractivity contribution in [1.29, 1.82) is 0 Å². The lowest BCUT2D eigenvalue weighted by atomic mass is 10.1. The molecule has 1 aromatic rings. The molecule has 0 unspecified atom stereocenters. The Kier molecular flexibility index (Phi) is 5.02. The minimum absolute atomic E-state index is 0.0233. The van der Waals surface area contributed by atoms with E-state index < -0.39 is 22.4 Å². The molecule has 0 bridgehead atoms. The van der Waals surface area contributed by atoms with Gasteiger partial charge in [-0.05, 0) is 12.5 Å². The van der Waals surface area contributed by atoms with E-state index in [2.05, 4.69) is 5.32 Å². The van der Waals surface area contributed by atoms with Crippen LogP contribution in [0.15, 0.2) is 18.2 Å². The van der Waals surface area contributed by atoms with Crippen LogP contribution in [0.4, 0.5) is 5.69 Å². The highest BCUT2D eigenvalue weighted by Crippen LogP contribution is 2.30. The Labute approximate surface area is 131 Å². The number of nitrogens with zero attached hydrogens (tertiary/aromatic N) is 2. The number of benzene rings is 1. The molecule has 0 fully saturated rings. The van der Waals surface area contributed by atoms with Crippen LogP contribution in [-0.2, 0) is 4.79 Å². The summed E-state index contributed by atoms with van der Waals surface area (Å²) in [7, 11) is 0. The largest absolute Gasteiger partial charge is 0.396 e. The first-order valence-corrected chi connectivity index (χ1v) is 6.98. The molecule has 0 radical (unpaired) electrons. The van der Waals surface area contributed by atoms with Gasteiger partial charge in [0.1, 0.15) is 5.56 Å². The van der Waals surface area contributed by atoms with Gasteiger partial charge in [-0.25, -0.2) is 0 Å². The first-order chi connectivity index (χ1) is 11.0. The topological polar surface area (TPSA) is 130 Å². The van der Waals surface area contributed by atoms with Gasteiger partial charge in [0, 0.05) is 32.2 Å². The molecule has 1 heterocycles. The molecule has 0 saturated carbocycles. The highest BCUT2D eigenvalue weighted by Gasteiger charge is 2.40. The second-order valence-corrected chi connectivity index (χ2v) is 4.90. The van der Waals surface area contributed by atoms with Crippen LogP contribution in [0, 0.1) is 10.1 Å². The molecule has 122 valence electrons. The third kappa shape index (κ3) is 3.34. The van der Waals surface area contributed by atoms with Gasteiger partial charge in [-0.15, -0.1) is 0 Å². The third-order valence-corrected chi connectivity index (χ3v) is 3.39. The summed E-state index contributed by atoms with van der Waals surface area (Å²) < 4.78 is 0. The van der Waals surface area contributed by atoms with E-state index in [1.807, 2.05) is 0 Å². The van der Waals surface area contributed by atoms with Crippen molar-refractivity contribution in [3.8, 4) is 0 Å². The summed E-state index contributed by atoms with van der Waals surface area (Å²) in [5.74, 6) is -1.78. The van der Waals surface area contributed by atoms with Gasteiger partial charge in [0.15, 0.2) is 0 Å². The van der Waals surface area contributed by atoms with Gasteiger partial charge in [-0.3, -0.25) is 29.4 Å². The molecule has 0 atom stereocenters. The zero-order valence-corrected chi connectivity index (χ0v) is 12.2. The smallest absolute Gasteiger partial charge is 0.282 e. The van der Waals surface area contributed by atoms with Crippen molar-refractivity contribution in [1.82, 2.24) is 10.2 Å². The Balaban J connectivity index is 2.08.